The monoisotopic (exact) mass is 1640 g/mol. The first-order valence-electron chi connectivity index (χ1n) is 52.0. The summed E-state index contributed by atoms with van der Waals surface area (Å²) in [5.41, 5.74) is 4.25. The van der Waals surface area contributed by atoms with Crippen LogP contribution in [0.1, 0.15) is 593 Å². The number of hydrogen-bond acceptors (Lipinski definition) is 0. The quantitative estimate of drug-likeness (QED) is 0.172. The Hall–Kier alpha value is 0.614. The summed E-state index contributed by atoms with van der Waals surface area (Å²) in [5, 5.41) is 21.8. The topological polar surface area (TPSA) is 56.4 Å². The first kappa shape index (κ1) is 109. The summed E-state index contributed by atoms with van der Waals surface area (Å²) in [7, 11) is 0. The molecule has 8 saturated carbocycles. The molecule has 0 aliphatic heterocycles. The van der Waals surface area contributed by atoms with Crippen LogP contribution in [0.2, 0.25) is 0 Å². The molecule has 1 unspecified atom stereocenters. The summed E-state index contributed by atoms with van der Waals surface area (Å²) >= 11 is 0. The summed E-state index contributed by atoms with van der Waals surface area (Å²) < 4.78 is 0. The molecule has 0 spiro atoms. The fraction of sp³-hybridized carbons (Fsp3) is 0.962. The molecule has 665 valence electrons. The van der Waals surface area contributed by atoms with Gasteiger partial charge in [0.2, 0.25) is 0 Å². The van der Waals surface area contributed by atoms with Crippen molar-refractivity contribution >= 4 is 0 Å². The van der Waals surface area contributed by atoms with Gasteiger partial charge in [-0.3, -0.25) is 6.08 Å². The predicted octanol–water partition coefficient (Wildman–Crippen LogP) is 30.8. The van der Waals surface area contributed by atoms with Gasteiger partial charge in [0.05, 0.1) is 0 Å². The van der Waals surface area contributed by atoms with E-state index in [2.05, 4.69) is 33.8 Å². The number of nitrogens with zero attached hydrogens (tertiary/aromatic N) is 4. The van der Waals surface area contributed by atoms with Gasteiger partial charge in [-0.05, 0) is 0 Å². The van der Waals surface area contributed by atoms with E-state index in [4.69, 9.17) is 21.3 Å². The second-order valence-corrected chi connectivity index (χ2v) is 38.7. The molecule has 9 rings (SSSR count). The molecule has 8 fully saturated rings. The van der Waals surface area contributed by atoms with Gasteiger partial charge in [0.15, 0.2) is 0 Å². The predicted molar refractivity (Wildman–Crippen MR) is 494 cm³/mol. The van der Waals surface area contributed by atoms with Crippen molar-refractivity contribution in [3.8, 4) is 0 Å². The number of rotatable bonds is 8. The Morgan fingerprint density at radius 1 is 0.170 bits per heavy atom. The van der Waals surface area contributed by atoms with Crippen LogP contribution in [0, 0.1) is 12.0 Å². The van der Waals surface area contributed by atoms with Gasteiger partial charge in [0.25, 0.3) is 0 Å². The Kier molecular flexibility index (Phi) is 78.9. The SMILES string of the molecule is C1CCCCCC([N-]C2CCCCCCCCCCC2)CCCCC1.C1CCCCCC([N-]C2CCCCCCCCCCC2)CCCCC1.C1CCCCCC([N-]C2CCCCCCCCCCC2)CCCCC1.C1CCCCCC([N-]C2CCCCCCCCCCC2)CCCCC1.CC1=[C-]C(C)C(C)=C1C.[Cl-].[Cl-].[TiH3]. The van der Waals surface area contributed by atoms with E-state index in [9.17, 15) is 0 Å². The third-order valence-electron chi connectivity index (χ3n) is 28.5. The molecule has 0 amide bonds. The van der Waals surface area contributed by atoms with E-state index < -0.39 is 0 Å². The van der Waals surface area contributed by atoms with Crippen LogP contribution in [0.25, 0.3) is 21.3 Å². The zero-order valence-electron chi connectivity index (χ0n) is 77.0. The Labute approximate surface area is 732 Å². The fourth-order valence-electron chi connectivity index (χ4n) is 20.7. The van der Waals surface area contributed by atoms with E-state index in [0.29, 0.717) is 54.3 Å². The van der Waals surface area contributed by atoms with E-state index in [1.807, 2.05) is 0 Å². The Balaban J connectivity index is 0.000000483. The van der Waals surface area contributed by atoms with E-state index >= 15 is 0 Å². The summed E-state index contributed by atoms with van der Waals surface area (Å²) in [6.07, 6.45) is 131. The molecule has 9 aliphatic rings. The van der Waals surface area contributed by atoms with E-state index in [-0.39, 0.29) is 46.5 Å². The molecule has 0 aromatic heterocycles. The molecule has 0 N–H and O–H groups in total. The van der Waals surface area contributed by atoms with Crippen LogP contribution in [0.3, 0.4) is 0 Å². The van der Waals surface area contributed by atoms with Crippen molar-refractivity contribution in [2.75, 3.05) is 0 Å². The molecule has 4 nitrogen and oxygen atoms in total. The molecule has 0 aromatic carbocycles. The van der Waals surface area contributed by atoms with Crippen molar-refractivity contribution in [2.45, 2.75) is 641 Å². The van der Waals surface area contributed by atoms with Crippen LogP contribution in [0.4, 0.5) is 0 Å². The second-order valence-electron chi connectivity index (χ2n) is 38.7. The molecular formula is C105H200Cl2N4Ti-7. The molecule has 0 heterocycles. The van der Waals surface area contributed by atoms with Gasteiger partial charge >= 0.3 is 21.7 Å². The Morgan fingerprint density at radius 3 is 0.321 bits per heavy atom. The molecule has 1 atom stereocenters. The fourth-order valence-corrected chi connectivity index (χ4v) is 20.7. The van der Waals surface area contributed by atoms with Crippen LogP contribution in [0.15, 0.2) is 16.7 Å². The molecule has 9 aliphatic carbocycles. The van der Waals surface area contributed by atoms with E-state index in [1.54, 1.807) is 0 Å². The van der Waals surface area contributed by atoms with Gasteiger partial charge in [0.1, 0.15) is 0 Å². The van der Waals surface area contributed by atoms with Gasteiger partial charge in [-0.15, -0.1) is 55.3 Å². The first-order valence-corrected chi connectivity index (χ1v) is 52.0. The second kappa shape index (κ2) is 81.3. The van der Waals surface area contributed by atoms with Gasteiger partial charge in [0, 0.05) is 0 Å². The molecule has 0 saturated heterocycles. The molecule has 7 heteroatoms. The first-order chi connectivity index (χ1) is 53.9. The normalized spacial score (nSPS) is 25.3. The zero-order valence-corrected chi connectivity index (χ0v) is 81.6. The third-order valence-corrected chi connectivity index (χ3v) is 28.5. The van der Waals surface area contributed by atoms with E-state index in [0.717, 1.165) is 0 Å². The minimum atomic E-state index is 0. The van der Waals surface area contributed by atoms with Gasteiger partial charge in [-0.2, -0.15) is 11.1 Å². The number of hydrogen-bond donors (Lipinski definition) is 0. The Bertz CT molecular complexity index is 1560. The van der Waals surface area contributed by atoms with Gasteiger partial charge in [-0.1, -0.05) is 592 Å². The average Bonchev–Trinajstić information content (AvgIpc) is 1.72. The summed E-state index contributed by atoms with van der Waals surface area (Å²) in [6, 6.07) is 5.54. The van der Waals surface area contributed by atoms with Gasteiger partial charge in [-0.25, -0.2) is 5.57 Å². The molecule has 0 aromatic rings. The maximum atomic E-state index is 5.45. The van der Waals surface area contributed by atoms with Crippen LogP contribution in [0.5, 0.6) is 0 Å². The van der Waals surface area contributed by atoms with Crippen molar-refractivity contribution in [1.29, 1.82) is 0 Å². The van der Waals surface area contributed by atoms with Gasteiger partial charge < -0.3 is 46.1 Å². The molecule has 0 radical (unpaired) electrons. The standard InChI is InChI=1S/4C24H46N.C9H13.2ClH.Ti.3H/c4*1-3-7-11-15-19-23(20-16-12-8-4-1)25-24-21-17-13-9-5-2-6-10-14-18-22-24;1-6-5-7(2)9(4)8(6)3;;;;;;/h4*23-24H,1-22H2;6H,1-4H3;2*1H;;;;/q5*-1;;;;;;/p-2. The van der Waals surface area contributed by atoms with Crippen LogP contribution in [-0.4, -0.2) is 48.3 Å². The molecule has 112 heavy (non-hydrogen) atoms. The average molecular weight is 1640 g/mol. The van der Waals surface area contributed by atoms with Crippen molar-refractivity contribution in [3.05, 3.63) is 44.1 Å². The zero-order chi connectivity index (χ0) is 76.7. The number of allylic oxidation sites excluding steroid dienone is 4. The summed E-state index contributed by atoms with van der Waals surface area (Å²) in [5.74, 6) is 0.560. The summed E-state index contributed by atoms with van der Waals surface area (Å²) in [4.78, 5) is 0. The summed E-state index contributed by atoms with van der Waals surface area (Å²) in [6.45, 7) is 8.67. The minimum absolute atomic E-state index is 0. The van der Waals surface area contributed by atoms with Crippen LogP contribution < -0.4 is 24.8 Å². The maximum absolute atomic E-state index is 5.45. The van der Waals surface area contributed by atoms with Crippen molar-refractivity contribution in [2.24, 2.45) is 5.92 Å². The van der Waals surface area contributed by atoms with Crippen molar-refractivity contribution in [3.63, 3.8) is 0 Å². The van der Waals surface area contributed by atoms with Crippen LogP contribution >= 0.6 is 0 Å². The van der Waals surface area contributed by atoms with E-state index in [1.165, 1.54) is 582 Å². The van der Waals surface area contributed by atoms with Crippen molar-refractivity contribution < 1.29 is 46.5 Å². The Morgan fingerprint density at radius 2 is 0.259 bits per heavy atom. The van der Waals surface area contributed by atoms with Crippen LogP contribution in [-0.2, 0) is 21.7 Å². The number of halogens is 2. The molecule has 0 bridgehead atoms. The molecular weight excluding hydrogens is 1440 g/mol. The third kappa shape index (κ3) is 63.6. The van der Waals surface area contributed by atoms with Crippen molar-refractivity contribution in [1.82, 2.24) is 0 Å².